The van der Waals surface area contributed by atoms with Crippen LogP contribution in [0.4, 0.5) is 0 Å². The van der Waals surface area contributed by atoms with E-state index in [1.807, 2.05) is 0 Å². The Hall–Kier alpha value is -0.350. The molecule has 2 N–H and O–H groups in total. The molecule has 0 saturated carbocycles. The van der Waals surface area contributed by atoms with Crippen molar-refractivity contribution in [3.8, 4) is 0 Å². The first-order valence-electron chi connectivity index (χ1n) is 5.23. The van der Waals surface area contributed by atoms with E-state index >= 15 is 0 Å². The van der Waals surface area contributed by atoms with Crippen molar-refractivity contribution in [3.63, 3.8) is 0 Å². The summed E-state index contributed by atoms with van der Waals surface area (Å²) in [5.41, 5.74) is 6.94. The molecule has 1 aliphatic rings. The quantitative estimate of drug-likeness (QED) is 0.882. The molecule has 0 amide bonds. The highest BCUT2D eigenvalue weighted by Crippen LogP contribution is 2.30. The number of hydrogen-bond donors (Lipinski definition) is 1. The third kappa shape index (κ3) is 1.50. The molecule has 0 saturated heterocycles. The minimum atomic E-state index is 0.445. The number of fused-ring (bicyclic) bond motifs is 1. The monoisotopic (exact) mass is 257 g/mol. The molecule has 1 aromatic heterocycles. The smallest absolute Gasteiger partial charge is 0.110 e. The number of halogens is 1. The van der Waals surface area contributed by atoms with Crippen LogP contribution in [0.3, 0.4) is 0 Å². The standard InChI is InChI=1S/C10H16BrN3/c1-2-8-10(11)14-7(6-12)4-3-5-9(14)13-8/h7H,2-6,12H2,1H3. The summed E-state index contributed by atoms with van der Waals surface area (Å²) < 4.78 is 3.42. The average Bonchev–Trinajstić information content (AvgIpc) is 2.55. The average molecular weight is 258 g/mol. The normalized spacial score (nSPS) is 20.9. The van der Waals surface area contributed by atoms with E-state index in [1.165, 1.54) is 24.4 Å². The van der Waals surface area contributed by atoms with Crippen LogP contribution in [0, 0.1) is 0 Å². The molecule has 78 valence electrons. The number of rotatable bonds is 2. The predicted octanol–water partition coefficient (Wildman–Crippen LogP) is 2.04. The molecule has 14 heavy (non-hydrogen) atoms. The molecule has 0 aromatic carbocycles. The summed E-state index contributed by atoms with van der Waals surface area (Å²) in [5.74, 6) is 1.20. The van der Waals surface area contributed by atoms with Crippen molar-refractivity contribution >= 4 is 15.9 Å². The first-order chi connectivity index (χ1) is 6.77. The fraction of sp³-hybridized carbons (Fsp3) is 0.700. The maximum Gasteiger partial charge on any atom is 0.110 e. The van der Waals surface area contributed by atoms with E-state index < -0.39 is 0 Å². The topological polar surface area (TPSA) is 43.8 Å². The lowest BCUT2D eigenvalue weighted by molar-refractivity contribution is 0.399. The van der Waals surface area contributed by atoms with Crippen LogP contribution >= 0.6 is 15.9 Å². The van der Waals surface area contributed by atoms with Crippen molar-refractivity contribution in [3.05, 3.63) is 16.1 Å². The van der Waals surface area contributed by atoms with E-state index in [0.29, 0.717) is 12.6 Å². The van der Waals surface area contributed by atoms with Gasteiger partial charge in [0.25, 0.3) is 0 Å². The zero-order valence-corrected chi connectivity index (χ0v) is 10.0. The Morgan fingerprint density at radius 3 is 3.07 bits per heavy atom. The minimum absolute atomic E-state index is 0.445. The molecule has 1 aromatic rings. The summed E-state index contributed by atoms with van der Waals surface area (Å²) in [6, 6.07) is 0.445. The molecule has 1 unspecified atom stereocenters. The van der Waals surface area contributed by atoms with Gasteiger partial charge in [0.05, 0.1) is 5.69 Å². The van der Waals surface area contributed by atoms with Crippen LogP contribution in [0.15, 0.2) is 4.60 Å². The molecular formula is C10H16BrN3. The van der Waals surface area contributed by atoms with Crippen molar-refractivity contribution < 1.29 is 0 Å². The van der Waals surface area contributed by atoms with Gasteiger partial charge in [-0.25, -0.2) is 4.98 Å². The van der Waals surface area contributed by atoms with Crippen LogP contribution < -0.4 is 5.73 Å². The number of nitrogens with zero attached hydrogens (tertiary/aromatic N) is 2. The van der Waals surface area contributed by atoms with Gasteiger partial charge in [-0.15, -0.1) is 0 Å². The summed E-state index contributed by atoms with van der Waals surface area (Å²) in [5, 5.41) is 0. The largest absolute Gasteiger partial charge is 0.328 e. The van der Waals surface area contributed by atoms with Crippen LogP contribution in [-0.2, 0) is 12.8 Å². The second-order valence-electron chi connectivity index (χ2n) is 3.77. The van der Waals surface area contributed by atoms with Gasteiger partial charge in [0, 0.05) is 19.0 Å². The SMILES string of the molecule is CCc1nc2n(c1Br)C(CN)CCC2. The van der Waals surface area contributed by atoms with E-state index in [0.717, 1.165) is 17.4 Å². The molecule has 4 heteroatoms. The Morgan fingerprint density at radius 2 is 2.43 bits per heavy atom. The van der Waals surface area contributed by atoms with Gasteiger partial charge in [-0.2, -0.15) is 0 Å². The number of hydrogen-bond acceptors (Lipinski definition) is 2. The van der Waals surface area contributed by atoms with E-state index in [-0.39, 0.29) is 0 Å². The van der Waals surface area contributed by atoms with Crippen molar-refractivity contribution in [1.29, 1.82) is 0 Å². The van der Waals surface area contributed by atoms with Gasteiger partial charge in [0.2, 0.25) is 0 Å². The van der Waals surface area contributed by atoms with Gasteiger partial charge in [-0.05, 0) is 35.2 Å². The van der Waals surface area contributed by atoms with Crippen molar-refractivity contribution in [2.45, 2.75) is 38.6 Å². The van der Waals surface area contributed by atoms with Gasteiger partial charge in [0.15, 0.2) is 0 Å². The molecule has 1 atom stereocenters. The van der Waals surface area contributed by atoms with E-state index in [2.05, 4.69) is 32.4 Å². The Kier molecular flexibility index (Phi) is 2.93. The molecular weight excluding hydrogens is 242 g/mol. The van der Waals surface area contributed by atoms with E-state index in [4.69, 9.17) is 5.73 Å². The molecule has 3 nitrogen and oxygen atoms in total. The van der Waals surface area contributed by atoms with E-state index in [9.17, 15) is 0 Å². The first-order valence-corrected chi connectivity index (χ1v) is 6.02. The lowest BCUT2D eigenvalue weighted by Crippen LogP contribution is -2.25. The number of aryl methyl sites for hydroxylation is 2. The molecule has 0 fully saturated rings. The van der Waals surface area contributed by atoms with Crippen molar-refractivity contribution in [1.82, 2.24) is 9.55 Å². The van der Waals surface area contributed by atoms with Gasteiger partial charge < -0.3 is 10.3 Å². The molecule has 1 aliphatic heterocycles. The minimum Gasteiger partial charge on any atom is -0.328 e. The maximum absolute atomic E-state index is 5.77. The fourth-order valence-corrected chi connectivity index (χ4v) is 2.99. The highest BCUT2D eigenvalue weighted by molar-refractivity contribution is 9.10. The Morgan fingerprint density at radius 1 is 1.64 bits per heavy atom. The lowest BCUT2D eigenvalue weighted by atomic mass is 10.1. The van der Waals surface area contributed by atoms with Crippen LogP contribution in [0.25, 0.3) is 0 Å². The van der Waals surface area contributed by atoms with E-state index in [1.54, 1.807) is 0 Å². The second-order valence-corrected chi connectivity index (χ2v) is 4.52. The Labute approximate surface area is 92.8 Å². The van der Waals surface area contributed by atoms with Crippen molar-refractivity contribution in [2.24, 2.45) is 5.73 Å². The van der Waals surface area contributed by atoms with Crippen LogP contribution in [0.5, 0.6) is 0 Å². The summed E-state index contributed by atoms with van der Waals surface area (Å²) in [6.07, 6.45) is 4.48. The Balaban J connectivity index is 2.45. The van der Waals surface area contributed by atoms with Gasteiger partial charge in [-0.1, -0.05) is 6.92 Å². The highest BCUT2D eigenvalue weighted by atomic mass is 79.9. The Bertz CT molecular complexity index is 332. The predicted molar refractivity (Wildman–Crippen MR) is 60.3 cm³/mol. The van der Waals surface area contributed by atoms with Crippen LogP contribution in [-0.4, -0.2) is 16.1 Å². The van der Waals surface area contributed by atoms with Crippen molar-refractivity contribution in [2.75, 3.05) is 6.54 Å². The number of aromatic nitrogens is 2. The number of imidazole rings is 1. The van der Waals surface area contributed by atoms with Gasteiger partial charge in [-0.3, -0.25) is 0 Å². The zero-order chi connectivity index (χ0) is 10.1. The van der Waals surface area contributed by atoms with Crippen LogP contribution in [0.2, 0.25) is 0 Å². The highest BCUT2D eigenvalue weighted by Gasteiger charge is 2.23. The molecule has 0 aliphatic carbocycles. The summed E-state index contributed by atoms with van der Waals surface area (Å²) in [7, 11) is 0. The van der Waals surface area contributed by atoms with Gasteiger partial charge in [0.1, 0.15) is 10.4 Å². The summed E-state index contributed by atoms with van der Waals surface area (Å²) in [4.78, 5) is 4.63. The molecule has 2 heterocycles. The maximum atomic E-state index is 5.77. The number of nitrogens with two attached hydrogens (primary N) is 1. The molecule has 0 bridgehead atoms. The molecule has 0 spiro atoms. The lowest BCUT2D eigenvalue weighted by Gasteiger charge is -2.24. The summed E-state index contributed by atoms with van der Waals surface area (Å²) in [6.45, 7) is 2.85. The second kappa shape index (κ2) is 4.03. The first kappa shape index (κ1) is 10.2. The molecule has 0 radical (unpaired) electrons. The molecule has 2 rings (SSSR count). The third-order valence-corrected chi connectivity index (χ3v) is 3.74. The van der Waals surface area contributed by atoms with Gasteiger partial charge >= 0.3 is 0 Å². The van der Waals surface area contributed by atoms with Crippen LogP contribution in [0.1, 0.15) is 37.3 Å². The third-order valence-electron chi connectivity index (χ3n) is 2.90. The zero-order valence-electron chi connectivity index (χ0n) is 8.46. The fourth-order valence-electron chi connectivity index (χ4n) is 2.13. The summed E-state index contributed by atoms with van der Waals surface area (Å²) >= 11 is 3.62.